The van der Waals surface area contributed by atoms with Gasteiger partial charge < -0.3 is 37.0 Å². The third-order valence-corrected chi connectivity index (χ3v) is 11.9. The second-order valence-corrected chi connectivity index (χ2v) is 17.3. The van der Waals surface area contributed by atoms with E-state index in [1.165, 1.54) is 6.92 Å². The molecule has 0 heterocycles. The van der Waals surface area contributed by atoms with Crippen LogP contribution in [-0.2, 0) is 48.0 Å². The molecule has 14 heteroatoms. The molecule has 6 atom stereocenters. The van der Waals surface area contributed by atoms with Gasteiger partial charge in [-0.3, -0.25) is 28.8 Å². The van der Waals surface area contributed by atoms with Crippen molar-refractivity contribution in [2.75, 3.05) is 6.54 Å². The fourth-order valence-corrected chi connectivity index (χ4v) is 7.99. The van der Waals surface area contributed by atoms with Gasteiger partial charge in [0.2, 0.25) is 29.5 Å². The highest BCUT2D eigenvalue weighted by atomic mass is 16.4. The van der Waals surface area contributed by atoms with Crippen LogP contribution in [0.15, 0.2) is 170 Å². The average Bonchev–Trinajstić information content (AvgIpc) is 3.38. The zero-order chi connectivity index (χ0) is 49.7. The number of carboxylic acids is 1. The summed E-state index contributed by atoms with van der Waals surface area (Å²) in [5.74, 6) is -4.96. The Labute approximate surface area is 408 Å². The number of carbonyl (C=O) groups is 7. The maximum absolute atomic E-state index is 14.7. The molecule has 0 fully saturated rings. The number of rotatable bonds is 24. The number of hydrogen-bond donors (Lipinski definition) is 7. The summed E-state index contributed by atoms with van der Waals surface area (Å²) < 4.78 is 0. The van der Waals surface area contributed by atoms with Gasteiger partial charge in [-0.15, -0.1) is 0 Å². The van der Waals surface area contributed by atoms with Gasteiger partial charge in [-0.25, -0.2) is 4.79 Å². The fourth-order valence-electron chi connectivity index (χ4n) is 7.99. The first-order valence-corrected chi connectivity index (χ1v) is 23.5. The molecule has 1 aliphatic carbocycles. The van der Waals surface area contributed by atoms with Crippen LogP contribution in [0.25, 0.3) is 11.1 Å². The lowest BCUT2D eigenvalue weighted by Crippen LogP contribution is -2.59. The van der Waals surface area contributed by atoms with Crippen LogP contribution in [0.5, 0.6) is 0 Å². The van der Waals surface area contributed by atoms with Gasteiger partial charge in [-0.2, -0.15) is 0 Å². The summed E-state index contributed by atoms with van der Waals surface area (Å²) in [5, 5.41) is 26.5. The van der Waals surface area contributed by atoms with E-state index in [1.54, 1.807) is 60.7 Å². The van der Waals surface area contributed by atoms with E-state index in [0.717, 1.165) is 16.7 Å². The molecule has 0 spiro atoms. The van der Waals surface area contributed by atoms with Crippen LogP contribution in [0, 0.1) is 5.92 Å². The highest BCUT2D eigenvalue weighted by Gasteiger charge is 2.33. The van der Waals surface area contributed by atoms with Crippen molar-refractivity contribution in [3.05, 3.63) is 192 Å². The summed E-state index contributed by atoms with van der Waals surface area (Å²) in [7, 11) is 0. The molecule has 0 radical (unpaired) electrons. The van der Waals surface area contributed by atoms with Crippen LogP contribution in [-0.4, -0.2) is 83.3 Å². The van der Waals surface area contributed by atoms with E-state index in [-0.39, 0.29) is 50.5 Å². The van der Waals surface area contributed by atoms with Gasteiger partial charge >= 0.3 is 5.97 Å². The van der Waals surface area contributed by atoms with Gasteiger partial charge in [0.05, 0.1) is 0 Å². The van der Waals surface area contributed by atoms with Gasteiger partial charge in [-0.1, -0.05) is 158 Å². The highest BCUT2D eigenvalue weighted by Crippen LogP contribution is 2.21. The number of aliphatic carboxylic acids is 1. The van der Waals surface area contributed by atoms with Crippen LogP contribution in [0.1, 0.15) is 59.7 Å². The van der Waals surface area contributed by atoms with Gasteiger partial charge in [-0.05, 0) is 78.5 Å². The summed E-state index contributed by atoms with van der Waals surface area (Å²) in [6.07, 6.45) is 8.83. The lowest BCUT2D eigenvalue weighted by Gasteiger charge is -2.28. The third kappa shape index (κ3) is 16.3. The smallest absolute Gasteiger partial charge is 0.326 e. The number of nitrogens with one attached hydrogen (secondary N) is 6. The molecule has 7 N–H and O–H groups in total. The Kier molecular flexibility index (Phi) is 19.4. The summed E-state index contributed by atoms with van der Waals surface area (Å²) in [6.45, 7) is 1.44. The fraction of sp³-hybridized carbons (Fsp3) is 0.268. The molecule has 6 amide bonds. The van der Waals surface area contributed by atoms with Crippen molar-refractivity contribution in [2.45, 2.75) is 82.1 Å². The lowest BCUT2D eigenvalue weighted by molar-refractivity contribution is -0.142. The molecular formula is C56H60N6O8. The molecule has 0 aliphatic heterocycles. The number of aryl methyl sites for hydroxylation is 1. The summed E-state index contributed by atoms with van der Waals surface area (Å²) in [6, 6.07) is 38.2. The van der Waals surface area contributed by atoms with Crippen LogP contribution in [0.3, 0.4) is 0 Å². The average molecular weight is 945 g/mol. The molecule has 2 unspecified atom stereocenters. The molecule has 6 rings (SSSR count). The maximum Gasteiger partial charge on any atom is 0.326 e. The third-order valence-electron chi connectivity index (χ3n) is 11.9. The van der Waals surface area contributed by atoms with Crippen molar-refractivity contribution < 1.29 is 38.7 Å². The Morgan fingerprint density at radius 1 is 0.543 bits per heavy atom. The SMILES string of the molecule is CC(NC(=O)[C@@H](CC1C=CC=CC1)NC(=O)[C@H](Cc1ccc(-c2ccccc2)cc1)NC(=O)[C@@H](CCc1ccccc1)NC(=O)CCNC(=O)c1ccccc1)C(=O)N[C@H](Cc1ccccc1)C(=O)O. The predicted molar refractivity (Wildman–Crippen MR) is 268 cm³/mol. The van der Waals surface area contributed by atoms with E-state index in [4.69, 9.17) is 0 Å². The second kappa shape index (κ2) is 26.4. The summed E-state index contributed by atoms with van der Waals surface area (Å²) >= 11 is 0. The van der Waals surface area contributed by atoms with Crippen molar-refractivity contribution in [3.8, 4) is 11.1 Å². The van der Waals surface area contributed by atoms with Gasteiger partial charge in [0, 0.05) is 31.4 Å². The van der Waals surface area contributed by atoms with Crippen molar-refractivity contribution in [1.82, 2.24) is 31.9 Å². The Morgan fingerprint density at radius 2 is 1.07 bits per heavy atom. The second-order valence-electron chi connectivity index (χ2n) is 17.3. The molecule has 70 heavy (non-hydrogen) atoms. The normalized spacial score (nSPS) is 14.9. The Morgan fingerprint density at radius 3 is 1.70 bits per heavy atom. The van der Waals surface area contributed by atoms with Crippen LogP contribution >= 0.6 is 0 Å². The number of benzene rings is 5. The van der Waals surface area contributed by atoms with E-state index in [0.29, 0.717) is 29.5 Å². The minimum absolute atomic E-state index is 0.00865. The van der Waals surface area contributed by atoms with E-state index >= 15 is 0 Å². The van der Waals surface area contributed by atoms with Crippen molar-refractivity contribution in [1.29, 1.82) is 0 Å². The first kappa shape index (κ1) is 51.3. The molecule has 14 nitrogen and oxygen atoms in total. The molecule has 0 bridgehead atoms. The molecule has 362 valence electrons. The number of hydrogen-bond acceptors (Lipinski definition) is 7. The zero-order valence-corrected chi connectivity index (χ0v) is 39.1. The zero-order valence-electron chi connectivity index (χ0n) is 39.1. The van der Waals surface area contributed by atoms with Crippen molar-refractivity contribution in [2.24, 2.45) is 5.92 Å². The van der Waals surface area contributed by atoms with Crippen LogP contribution < -0.4 is 31.9 Å². The highest BCUT2D eigenvalue weighted by molar-refractivity contribution is 5.97. The maximum atomic E-state index is 14.7. The minimum atomic E-state index is -1.27. The van der Waals surface area contributed by atoms with Crippen LogP contribution in [0.4, 0.5) is 0 Å². The van der Waals surface area contributed by atoms with Gasteiger partial charge in [0.1, 0.15) is 30.2 Å². The molecule has 5 aromatic carbocycles. The van der Waals surface area contributed by atoms with E-state index in [1.807, 2.05) is 109 Å². The summed E-state index contributed by atoms with van der Waals surface area (Å²) in [5.41, 5.74) is 4.71. The first-order chi connectivity index (χ1) is 33.9. The summed E-state index contributed by atoms with van der Waals surface area (Å²) in [4.78, 5) is 95.0. The van der Waals surface area contributed by atoms with Crippen molar-refractivity contribution >= 4 is 41.4 Å². The largest absolute Gasteiger partial charge is 0.480 e. The standard InChI is InChI=1S/C56H60N6O8/c1-38(51(64)62-49(56(69)70)37-41-21-11-4-12-22-41)58-54(67)47(35-40-19-9-3-10-20-40)61-55(68)48(36-42-27-30-44(31-28-42)43-23-13-5-14-24-43)60-53(66)46(32-29-39-17-7-2-8-18-39)59-50(63)33-34-57-52(65)45-25-15-6-16-26-45/h2-19,21-28,30-31,38,40,46-49H,20,29,32-37H2,1H3,(H,57,65)(H,58,67)(H,59,63)(H,60,66)(H,61,68)(H,62,64)(H,69,70)/t38?,40?,46-,47-,48+,49-/m1/s1. The number of allylic oxidation sites excluding steroid dienone is 4. The van der Waals surface area contributed by atoms with Crippen molar-refractivity contribution in [3.63, 3.8) is 0 Å². The minimum Gasteiger partial charge on any atom is -0.480 e. The van der Waals surface area contributed by atoms with E-state index < -0.39 is 65.7 Å². The molecule has 0 saturated carbocycles. The van der Waals surface area contributed by atoms with Gasteiger partial charge in [0.15, 0.2) is 0 Å². The van der Waals surface area contributed by atoms with Gasteiger partial charge in [0.25, 0.3) is 5.91 Å². The molecule has 0 aromatic heterocycles. The number of amides is 6. The molecular weight excluding hydrogens is 885 g/mol. The Bertz CT molecular complexity index is 2590. The number of carbonyl (C=O) groups excluding carboxylic acids is 6. The molecule has 0 saturated heterocycles. The molecule has 5 aromatic rings. The monoisotopic (exact) mass is 944 g/mol. The quantitative estimate of drug-likeness (QED) is 0.0411. The van der Waals surface area contributed by atoms with Crippen LogP contribution in [0.2, 0.25) is 0 Å². The van der Waals surface area contributed by atoms with E-state index in [9.17, 15) is 38.7 Å². The topological polar surface area (TPSA) is 212 Å². The lowest BCUT2D eigenvalue weighted by atomic mass is 9.92. The van der Waals surface area contributed by atoms with E-state index in [2.05, 4.69) is 31.9 Å². The number of carboxylic acid groups (broad SMARTS) is 1. The molecule has 1 aliphatic rings. The Balaban J connectivity index is 1.21. The predicted octanol–water partition coefficient (Wildman–Crippen LogP) is 5.64. The Hall–Kier alpha value is -8.13. The first-order valence-electron chi connectivity index (χ1n) is 23.5.